The fourth-order valence-electron chi connectivity index (χ4n) is 2.76. The number of anilines is 1. The third-order valence-corrected chi connectivity index (χ3v) is 4.83. The smallest absolute Gasteiger partial charge is 0.338 e. The Morgan fingerprint density at radius 2 is 1.78 bits per heavy atom. The molecule has 1 aliphatic rings. The van der Waals surface area contributed by atoms with Crippen molar-refractivity contribution < 1.29 is 23.9 Å². The summed E-state index contributed by atoms with van der Waals surface area (Å²) in [5.41, 5.74) is 1.89. The summed E-state index contributed by atoms with van der Waals surface area (Å²) >= 11 is 12.0. The van der Waals surface area contributed by atoms with Crippen LogP contribution >= 0.6 is 23.2 Å². The number of ether oxygens (including phenoxy) is 2. The van der Waals surface area contributed by atoms with E-state index in [0.717, 1.165) is 5.56 Å². The van der Waals surface area contributed by atoms with Gasteiger partial charge in [0.15, 0.2) is 18.1 Å². The summed E-state index contributed by atoms with van der Waals surface area (Å²) < 4.78 is 10.1. The minimum atomic E-state index is -0.735. The van der Waals surface area contributed by atoms with Gasteiger partial charge in [0, 0.05) is 11.3 Å². The average molecular weight is 408 g/mol. The number of halogens is 2. The van der Waals surface area contributed by atoms with Crippen LogP contribution in [0.5, 0.6) is 5.75 Å². The number of hydrogen-bond donors (Lipinski definition) is 1. The largest absolute Gasteiger partial charge is 0.494 e. The Morgan fingerprint density at radius 3 is 2.41 bits per heavy atom. The van der Waals surface area contributed by atoms with Gasteiger partial charge in [0.2, 0.25) is 5.91 Å². The maximum atomic E-state index is 12.3. The van der Waals surface area contributed by atoms with Crippen molar-refractivity contribution in [2.75, 3.05) is 19.0 Å². The maximum Gasteiger partial charge on any atom is 0.338 e. The fraction of sp³-hybridized carbons (Fsp3) is 0.211. The van der Waals surface area contributed by atoms with Crippen molar-refractivity contribution >= 4 is 46.5 Å². The summed E-state index contributed by atoms with van der Waals surface area (Å²) in [4.78, 5) is 36.2. The Bertz CT molecular complexity index is 934. The molecule has 27 heavy (non-hydrogen) atoms. The quantitative estimate of drug-likeness (QED) is 0.595. The average Bonchev–Trinajstić information content (AvgIpc) is 2.92. The first kappa shape index (κ1) is 19.2. The van der Waals surface area contributed by atoms with Crippen molar-refractivity contribution in [2.24, 2.45) is 0 Å². The number of benzene rings is 2. The molecular weight excluding hydrogens is 393 g/mol. The Hall–Kier alpha value is -2.57. The molecule has 0 unspecified atom stereocenters. The van der Waals surface area contributed by atoms with E-state index in [1.807, 2.05) is 0 Å². The minimum absolute atomic E-state index is 0.107. The lowest BCUT2D eigenvalue weighted by atomic mass is 9.99. The van der Waals surface area contributed by atoms with Gasteiger partial charge in [0.1, 0.15) is 0 Å². The molecule has 3 rings (SSSR count). The number of nitrogens with one attached hydrogen (secondary N) is 1. The van der Waals surface area contributed by atoms with Crippen LogP contribution in [0.2, 0.25) is 10.0 Å². The van der Waals surface area contributed by atoms with Crippen LogP contribution in [0.4, 0.5) is 5.69 Å². The normalized spacial score (nSPS) is 15.1. The lowest BCUT2D eigenvalue weighted by molar-refractivity contribution is -0.116. The standard InChI is InChI=1S/C19H15Cl2NO5/c1-9-12-5-10(3-4-15(12)22-18(9)24)16(23)8-27-19(25)11-6-13(20)17(26-2)14(21)7-11/h3-7,9H,8H2,1-2H3,(H,22,24)/t9-/m0/s1. The van der Waals surface area contributed by atoms with E-state index in [1.54, 1.807) is 25.1 Å². The molecule has 0 saturated heterocycles. The van der Waals surface area contributed by atoms with Crippen molar-refractivity contribution in [3.63, 3.8) is 0 Å². The molecule has 8 heteroatoms. The highest BCUT2D eigenvalue weighted by Gasteiger charge is 2.27. The molecule has 1 atom stereocenters. The predicted octanol–water partition coefficient (Wildman–Crippen LogP) is 4.10. The molecule has 0 aromatic heterocycles. The molecule has 2 aromatic carbocycles. The molecule has 2 aromatic rings. The van der Waals surface area contributed by atoms with E-state index in [9.17, 15) is 14.4 Å². The first-order valence-electron chi connectivity index (χ1n) is 8.00. The molecule has 0 fully saturated rings. The van der Waals surface area contributed by atoms with Crippen LogP contribution < -0.4 is 10.1 Å². The number of carbonyl (C=O) groups excluding carboxylic acids is 3. The number of ketones is 1. The van der Waals surface area contributed by atoms with Gasteiger partial charge in [-0.05, 0) is 42.8 Å². The molecule has 1 N–H and O–H groups in total. The second kappa shape index (κ2) is 7.58. The Morgan fingerprint density at radius 1 is 1.11 bits per heavy atom. The van der Waals surface area contributed by atoms with Crippen LogP contribution in [-0.2, 0) is 9.53 Å². The summed E-state index contributed by atoms with van der Waals surface area (Å²) in [6.07, 6.45) is 0. The molecule has 0 aliphatic carbocycles. The van der Waals surface area contributed by atoms with E-state index in [0.29, 0.717) is 11.3 Å². The zero-order chi connectivity index (χ0) is 19.7. The molecule has 0 bridgehead atoms. The summed E-state index contributed by atoms with van der Waals surface area (Å²) in [6, 6.07) is 7.58. The van der Waals surface area contributed by atoms with E-state index in [-0.39, 0.29) is 39.0 Å². The number of fused-ring (bicyclic) bond motifs is 1. The zero-order valence-electron chi connectivity index (χ0n) is 14.5. The van der Waals surface area contributed by atoms with Crippen LogP contribution in [0, 0.1) is 0 Å². The van der Waals surface area contributed by atoms with Gasteiger partial charge in [-0.3, -0.25) is 9.59 Å². The van der Waals surface area contributed by atoms with E-state index in [4.69, 9.17) is 32.7 Å². The molecule has 6 nitrogen and oxygen atoms in total. The number of methoxy groups -OCH3 is 1. The Balaban J connectivity index is 1.70. The zero-order valence-corrected chi connectivity index (χ0v) is 16.0. The number of amides is 1. The summed E-state index contributed by atoms with van der Waals surface area (Å²) in [6.45, 7) is 1.31. The van der Waals surface area contributed by atoms with Gasteiger partial charge in [-0.2, -0.15) is 0 Å². The van der Waals surface area contributed by atoms with Crippen molar-refractivity contribution in [1.82, 2.24) is 0 Å². The number of Topliss-reactive ketones (excluding diaryl/α,β-unsaturated/α-hetero) is 1. The van der Waals surface area contributed by atoms with Crippen molar-refractivity contribution in [3.05, 3.63) is 57.1 Å². The number of carbonyl (C=O) groups is 3. The lowest BCUT2D eigenvalue weighted by Crippen LogP contribution is -2.14. The van der Waals surface area contributed by atoms with E-state index in [2.05, 4.69) is 5.32 Å². The van der Waals surface area contributed by atoms with Crippen molar-refractivity contribution in [3.8, 4) is 5.75 Å². The molecule has 1 amide bonds. The predicted molar refractivity (Wildman–Crippen MR) is 101 cm³/mol. The molecule has 0 spiro atoms. The highest BCUT2D eigenvalue weighted by atomic mass is 35.5. The van der Waals surface area contributed by atoms with E-state index >= 15 is 0 Å². The summed E-state index contributed by atoms with van der Waals surface area (Å²) in [7, 11) is 1.41. The number of esters is 1. The monoisotopic (exact) mass is 407 g/mol. The number of hydrogen-bond acceptors (Lipinski definition) is 5. The molecule has 0 radical (unpaired) electrons. The van der Waals surface area contributed by atoms with Gasteiger partial charge in [-0.25, -0.2) is 4.79 Å². The third-order valence-electron chi connectivity index (χ3n) is 4.26. The second-order valence-corrected chi connectivity index (χ2v) is 6.80. The van der Waals surface area contributed by atoms with Crippen molar-refractivity contribution in [1.29, 1.82) is 0 Å². The fourth-order valence-corrected chi connectivity index (χ4v) is 3.40. The van der Waals surface area contributed by atoms with Gasteiger partial charge in [-0.15, -0.1) is 0 Å². The second-order valence-electron chi connectivity index (χ2n) is 5.99. The Labute approximate surface area is 165 Å². The van der Waals surface area contributed by atoms with Gasteiger partial charge < -0.3 is 14.8 Å². The van der Waals surface area contributed by atoms with Crippen LogP contribution in [0.3, 0.4) is 0 Å². The summed E-state index contributed by atoms with van der Waals surface area (Å²) in [5, 5.41) is 3.05. The molecular formula is C19H15Cl2NO5. The van der Waals surface area contributed by atoms with E-state index < -0.39 is 12.6 Å². The van der Waals surface area contributed by atoms with Crippen LogP contribution in [0.25, 0.3) is 0 Å². The molecule has 1 aliphatic heterocycles. The number of rotatable bonds is 5. The van der Waals surface area contributed by atoms with E-state index in [1.165, 1.54) is 19.2 Å². The van der Waals surface area contributed by atoms with Crippen LogP contribution in [0.15, 0.2) is 30.3 Å². The molecule has 140 valence electrons. The minimum Gasteiger partial charge on any atom is -0.494 e. The lowest BCUT2D eigenvalue weighted by Gasteiger charge is -2.09. The molecule has 1 heterocycles. The Kier molecular flexibility index (Phi) is 5.39. The first-order valence-corrected chi connectivity index (χ1v) is 8.75. The molecule has 0 saturated carbocycles. The third kappa shape index (κ3) is 3.77. The summed E-state index contributed by atoms with van der Waals surface area (Å²) in [5.74, 6) is -1.32. The SMILES string of the molecule is COc1c(Cl)cc(C(=O)OCC(=O)c2ccc3c(c2)[C@H](C)C(=O)N3)cc1Cl. The van der Waals surface area contributed by atoms with Crippen LogP contribution in [0.1, 0.15) is 39.1 Å². The highest BCUT2D eigenvalue weighted by Crippen LogP contribution is 2.34. The first-order chi connectivity index (χ1) is 12.8. The van der Waals surface area contributed by atoms with Gasteiger partial charge in [0.05, 0.1) is 28.6 Å². The van der Waals surface area contributed by atoms with Crippen LogP contribution in [-0.4, -0.2) is 31.4 Å². The van der Waals surface area contributed by atoms with Gasteiger partial charge in [-0.1, -0.05) is 23.2 Å². The van der Waals surface area contributed by atoms with Gasteiger partial charge in [0.25, 0.3) is 0 Å². The van der Waals surface area contributed by atoms with Crippen molar-refractivity contribution in [2.45, 2.75) is 12.8 Å². The highest BCUT2D eigenvalue weighted by molar-refractivity contribution is 6.37. The van der Waals surface area contributed by atoms with Gasteiger partial charge >= 0.3 is 5.97 Å². The topological polar surface area (TPSA) is 81.7 Å². The maximum absolute atomic E-state index is 12.3.